The third kappa shape index (κ3) is 7.32. The first-order valence-corrected chi connectivity index (χ1v) is 7.18. The predicted octanol–water partition coefficient (Wildman–Crippen LogP) is 0.755. The topological polar surface area (TPSA) is 60.4 Å². The van der Waals surface area contributed by atoms with E-state index >= 15 is 0 Å². The van der Waals surface area contributed by atoms with Gasteiger partial charge in [0.15, 0.2) is 0 Å². The molecular formula is C16H23NaO3. The van der Waals surface area contributed by atoms with E-state index in [0.717, 1.165) is 12.8 Å². The zero-order valence-corrected chi connectivity index (χ0v) is 14.7. The van der Waals surface area contributed by atoms with Gasteiger partial charge in [-0.3, -0.25) is 0 Å². The van der Waals surface area contributed by atoms with Crippen molar-refractivity contribution in [2.24, 2.45) is 0 Å². The van der Waals surface area contributed by atoms with Gasteiger partial charge in [0.1, 0.15) is 0 Å². The number of aryl methyl sites for hydroxylation is 1. The zero-order valence-electron chi connectivity index (χ0n) is 12.7. The molecule has 0 bridgehead atoms. The molecule has 4 heteroatoms. The van der Waals surface area contributed by atoms with E-state index in [1.165, 1.54) is 50.3 Å². The summed E-state index contributed by atoms with van der Waals surface area (Å²) in [6.07, 6.45) is 9.06. The molecule has 0 amide bonds. The van der Waals surface area contributed by atoms with Gasteiger partial charge in [-0.1, -0.05) is 57.1 Å². The first-order chi connectivity index (χ1) is 9.15. The first-order valence-electron chi connectivity index (χ1n) is 7.18. The van der Waals surface area contributed by atoms with Crippen LogP contribution >= 0.6 is 0 Å². The van der Waals surface area contributed by atoms with Crippen molar-refractivity contribution < 1.29 is 44.6 Å². The van der Waals surface area contributed by atoms with Crippen LogP contribution in [0.15, 0.2) is 18.2 Å². The van der Waals surface area contributed by atoms with Crippen LogP contribution in [-0.2, 0) is 6.42 Å². The summed E-state index contributed by atoms with van der Waals surface area (Å²) in [6, 6.07) is 4.25. The Labute approximate surface area is 143 Å². The molecule has 1 aromatic carbocycles. The molecule has 0 atom stereocenters. The van der Waals surface area contributed by atoms with Crippen LogP contribution in [0.3, 0.4) is 0 Å². The maximum Gasteiger partial charge on any atom is 1.00 e. The van der Waals surface area contributed by atoms with E-state index in [0.29, 0.717) is 12.0 Å². The van der Waals surface area contributed by atoms with Crippen molar-refractivity contribution in [1.82, 2.24) is 0 Å². The van der Waals surface area contributed by atoms with Crippen LogP contribution in [0.5, 0.6) is 5.75 Å². The second-order valence-corrected chi connectivity index (χ2v) is 5.00. The van der Waals surface area contributed by atoms with Crippen LogP contribution in [0.25, 0.3) is 0 Å². The average Bonchev–Trinajstić information content (AvgIpc) is 2.39. The monoisotopic (exact) mass is 286 g/mol. The van der Waals surface area contributed by atoms with Crippen LogP contribution in [0.4, 0.5) is 0 Å². The number of unbranched alkanes of at least 4 members (excludes halogenated alkanes) is 6. The molecule has 0 heterocycles. The molecule has 0 aromatic heterocycles. The van der Waals surface area contributed by atoms with Crippen LogP contribution in [0.2, 0.25) is 0 Å². The SMILES string of the molecule is CCCCCCCCCc1cc(C(=O)O)ccc1[O-].[Na+]. The van der Waals surface area contributed by atoms with Crippen LogP contribution in [0.1, 0.15) is 67.8 Å². The zero-order chi connectivity index (χ0) is 14.1. The summed E-state index contributed by atoms with van der Waals surface area (Å²) in [5.41, 5.74) is 0.839. The minimum Gasteiger partial charge on any atom is -0.872 e. The molecule has 20 heavy (non-hydrogen) atoms. The quantitative estimate of drug-likeness (QED) is 0.538. The van der Waals surface area contributed by atoms with Gasteiger partial charge >= 0.3 is 35.5 Å². The Hall–Kier alpha value is -0.510. The van der Waals surface area contributed by atoms with Gasteiger partial charge in [-0.2, -0.15) is 0 Å². The molecule has 0 aliphatic heterocycles. The molecule has 0 radical (unpaired) electrons. The van der Waals surface area contributed by atoms with Gasteiger partial charge < -0.3 is 10.2 Å². The number of carboxylic acid groups (broad SMARTS) is 1. The number of hydrogen-bond acceptors (Lipinski definition) is 2. The number of carboxylic acids is 1. The molecular weight excluding hydrogens is 263 g/mol. The molecule has 0 saturated carbocycles. The van der Waals surface area contributed by atoms with Crippen molar-refractivity contribution >= 4 is 5.97 Å². The third-order valence-electron chi connectivity index (χ3n) is 3.36. The number of hydrogen-bond donors (Lipinski definition) is 1. The van der Waals surface area contributed by atoms with E-state index in [9.17, 15) is 9.90 Å². The summed E-state index contributed by atoms with van der Waals surface area (Å²) in [6.45, 7) is 2.20. The van der Waals surface area contributed by atoms with Crippen molar-refractivity contribution in [3.8, 4) is 5.75 Å². The van der Waals surface area contributed by atoms with E-state index < -0.39 is 5.97 Å². The standard InChI is InChI=1S/C16H24O3.Na/c1-2-3-4-5-6-7-8-9-13-12-14(16(18)19)10-11-15(13)17;/h10-12,17H,2-9H2,1H3,(H,18,19);/q;+1/p-1. The minimum absolute atomic E-state index is 0. The maximum atomic E-state index is 11.6. The number of benzene rings is 1. The molecule has 0 aliphatic carbocycles. The fourth-order valence-corrected chi connectivity index (χ4v) is 2.18. The Bertz CT molecular complexity index is 405. The molecule has 1 N–H and O–H groups in total. The van der Waals surface area contributed by atoms with Gasteiger partial charge in [0.05, 0.1) is 5.56 Å². The molecule has 0 unspecified atom stereocenters. The maximum absolute atomic E-state index is 11.6. The molecule has 0 spiro atoms. The Morgan fingerprint density at radius 1 is 1.10 bits per heavy atom. The van der Waals surface area contributed by atoms with E-state index in [-0.39, 0.29) is 40.9 Å². The molecule has 3 nitrogen and oxygen atoms in total. The second-order valence-electron chi connectivity index (χ2n) is 5.00. The fraction of sp³-hybridized carbons (Fsp3) is 0.562. The average molecular weight is 286 g/mol. The summed E-state index contributed by atoms with van der Waals surface area (Å²) in [5.74, 6) is -1.02. The van der Waals surface area contributed by atoms with Gasteiger partial charge in [-0.15, -0.1) is 5.75 Å². The molecule has 1 rings (SSSR count). The van der Waals surface area contributed by atoms with Gasteiger partial charge in [-0.25, -0.2) is 4.79 Å². The van der Waals surface area contributed by atoms with Crippen molar-refractivity contribution in [1.29, 1.82) is 0 Å². The molecule has 0 saturated heterocycles. The van der Waals surface area contributed by atoms with Crippen LogP contribution in [0, 0.1) is 0 Å². The van der Waals surface area contributed by atoms with E-state index in [1.807, 2.05) is 0 Å². The fourth-order valence-electron chi connectivity index (χ4n) is 2.18. The van der Waals surface area contributed by atoms with Crippen molar-refractivity contribution in [3.05, 3.63) is 29.3 Å². The number of rotatable bonds is 9. The summed E-state index contributed by atoms with van der Waals surface area (Å²) in [7, 11) is 0. The van der Waals surface area contributed by atoms with Gasteiger partial charge in [0, 0.05) is 0 Å². The predicted molar refractivity (Wildman–Crippen MR) is 74.5 cm³/mol. The summed E-state index contributed by atoms with van der Waals surface area (Å²) in [5, 5.41) is 20.5. The summed E-state index contributed by atoms with van der Waals surface area (Å²) >= 11 is 0. The van der Waals surface area contributed by atoms with E-state index in [4.69, 9.17) is 5.11 Å². The smallest absolute Gasteiger partial charge is 0.872 e. The molecule has 1 aromatic rings. The Kier molecular flexibility index (Phi) is 10.9. The number of aromatic carboxylic acids is 1. The van der Waals surface area contributed by atoms with Crippen molar-refractivity contribution in [3.63, 3.8) is 0 Å². The normalized spacial score (nSPS) is 10.1. The number of carbonyl (C=O) groups is 1. The van der Waals surface area contributed by atoms with Crippen molar-refractivity contribution in [2.45, 2.75) is 58.3 Å². The summed E-state index contributed by atoms with van der Waals surface area (Å²) < 4.78 is 0. The Balaban J connectivity index is 0.00000361. The Morgan fingerprint density at radius 3 is 2.30 bits per heavy atom. The first kappa shape index (κ1) is 19.5. The van der Waals surface area contributed by atoms with E-state index in [2.05, 4.69) is 6.92 Å². The molecule has 106 valence electrons. The minimum atomic E-state index is -0.971. The third-order valence-corrected chi connectivity index (χ3v) is 3.36. The van der Waals surface area contributed by atoms with Crippen LogP contribution in [-0.4, -0.2) is 11.1 Å². The van der Waals surface area contributed by atoms with E-state index in [1.54, 1.807) is 0 Å². The van der Waals surface area contributed by atoms with Gasteiger partial charge in [0.2, 0.25) is 0 Å². The largest absolute Gasteiger partial charge is 1.00 e. The van der Waals surface area contributed by atoms with Crippen LogP contribution < -0.4 is 34.7 Å². The van der Waals surface area contributed by atoms with Gasteiger partial charge in [0.25, 0.3) is 0 Å². The summed E-state index contributed by atoms with van der Waals surface area (Å²) in [4.78, 5) is 10.8. The molecule has 0 fully saturated rings. The second kappa shape index (κ2) is 11.2. The van der Waals surface area contributed by atoms with Crippen molar-refractivity contribution in [2.75, 3.05) is 0 Å². The molecule has 0 aliphatic rings. The van der Waals surface area contributed by atoms with Gasteiger partial charge in [-0.05, 0) is 25.0 Å². The Morgan fingerprint density at radius 2 is 1.70 bits per heavy atom.